The maximum atomic E-state index is 6.18. The first-order valence-corrected chi connectivity index (χ1v) is 7.76. The van der Waals surface area contributed by atoms with Crippen molar-refractivity contribution in [3.63, 3.8) is 0 Å². The number of nitrogens with one attached hydrogen (secondary N) is 1. The zero-order chi connectivity index (χ0) is 14.5. The van der Waals surface area contributed by atoms with Gasteiger partial charge in [0.15, 0.2) is 5.75 Å². The Balaban J connectivity index is 2.09. The van der Waals surface area contributed by atoms with Crippen LogP contribution < -0.4 is 10.1 Å². The van der Waals surface area contributed by atoms with Crippen molar-refractivity contribution >= 4 is 23.2 Å². The molecule has 0 spiro atoms. The van der Waals surface area contributed by atoms with E-state index in [4.69, 9.17) is 32.7 Å². The average molecular weight is 318 g/mol. The predicted molar refractivity (Wildman–Crippen MR) is 82.9 cm³/mol. The summed E-state index contributed by atoms with van der Waals surface area (Å²) in [6.45, 7) is 6.54. The summed E-state index contributed by atoms with van der Waals surface area (Å²) in [4.78, 5) is 0. The fraction of sp³-hybridized carbons (Fsp3) is 0.600. The third-order valence-electron chi connectivity index (χ3n) is 3.41. The normalized spacial score (nSPS) is 20.4. The predicted octanol–water partition coefficient (Wildman–Crippen LogP) is 3.78. The number of hydrogen-bond donors (Lipinski definition) is 1. The second-order valence-electron chi connectivity index (χ2n) is 5.34. The van der Waals surface area contributed by atoms with Gasteiger partial charge in [-0.2, -0.15) is 0 Å². The average Bonchev–Trinajstić information content (AvgIpc) is 2.91. The molecule has 1 saturated heterocycles. The van der Waals surface area contributed by atoms with E-state index in [0.29, 0.717) is 28.3 Å². The van der Waals surface area contributed by atoms with Crippen molar-refractivity contribution in [2.45, 2.75) is 32.5 Å². The molecule has 20 heavy (non-hydrogen) atoms. The number of benzene rings is 1. The van der Waals surface area contributed by atoms with Crippen LogP contribution in [0, 0.1) is 5.92 Å². The molecule has 1 fully saturated rings. The molecule has 1 aliphatic rings. The van der Waals surface area contributed by atoms with E-state index in [1.807, 2.05) is 19.9 Å². The van der Waals surface area contributed by atoms with Gasteiger partial charge < -0.3 is 14.8 Å². The summed E-state index contributed by atoms with van der Waals surface area (Å²) in [7, 11) is 0. The number of para-hydroxylation sites is 1. The minimum atomic E-state index is -0.0372. The van der Waals surface area contributed by atoms with Crippen molar-refractivity contribution < 1.29 is 9.47 Å². The smallest absolute Gasteiger partial charge is 0.157 e. The van der Waals surface area contributed by atoms with Crippen molar-refractivity contribution in [3.8, 4) is 5.75 Å². The summed E-state index contributed by atoms with van der Waals surface area (Å²) in [6, 6.07) is 5.39. The van der Waals surface area contributed by atoms with Gasteiger partial charge in [-0.05, 0) is 38.9 Å². The summed E-state index contributed by atoms with van der Waals surface area (Å²) in [5.74, 6) is 0.973. The Bertz CT molecular complexity index is 414. The Kier molecular flexibility index (Phi) is 5.97. The summed E-state index contributed by atoms with van der Waals surface area (Å²) in [5, 5.41) is 4.43. The van der Waals surface area contributed by atoms with E-state index in [1.54, 1.807) is 12.1 Å². The van der Waals surface area contributed by atoms with E-state index in [2.05, 4.69) is 5.32 Å². The van der Waals surface area contributed by atoms with E-state index in [1.165, 1.54) is 0 Å². The highest BCUT2D eigenvalue weighted by Gasteiger charge is 2.28. The molecular formula is C15H21Cl2NO2. The third-order valence-corrected chi connectivity index (χ3v) is 4.00. The van der Waals surface area contributed by atoms with Gasteiger partial charge in [0.1, 0.15) is 6.10 Å². The third kappa shape index (κ3) is 4.26. The molecule has 1 aromatic rings. The van der Waals surface area contributed by atoms with Crippen LogP contribution in [-0.4, -0.2) is 31.9 Å². The quantitative estimate of drug-likeness (QED) is 0.866. The van der Waals surface area contributed by atoms with Crippen molar-refractivity contribution in [2.75, 3.05) is 19.7 Å². The molecule has 0 aliphatic carbocycles. The minimum Gasteiger partial charge on any atom is -0.485 e. The highest BCUT2D eigenvalue weighted by molar-refractivity contribution is 6.37. The van der Waals surface area contributed by atoms with Crippen LogP contribution in [0.15, 0.2) is 18.2 Å². The van der Waals surface area contributed by atoms with Gasteiger partial charge in [0.25, 0.3) is 0 Å². The SMILES string of the molecule is CC(C)OC[C@H](Oc1c(Cl)cccc1Cl)C1CCNC1. The fourth-order valence-electron chi connectivity index (χ4n) is 2.29. The van der Waals surface area contributed by atoms with E-state index >= 15 is 0 Å². The molecule has 1 aliphatic heterocycles. The monoisotopic (exact) mass is 317 g/mol. The second kappa shape index (κ2) is 7.51. The standard InChI is InChI=1S/C15H21Cl2NO2/c1-10(2)19-9-14(11-6-7-18-8-11)20-15-12(16)4-3-5-13(15)17/h3-5,10-11,14,18H,6-9H2,1-2H3/t11?,14-/m0/s1. The van der Waals surface area contributed by atoms with Gasteiger partial charge in [0, 0.05) is 12.5 Å². The molecule has 1 N–H and O–H groups in total. The lowest BCUT2D eigenvalue weighted by Crippen LogP contribution is -2.34. The molecule has 5 heteroatoms. The van der Waals surface area contributed by atoms with Gasteiger partial charge in [-0.3, -0.25) is 0 Å². The topological polar surface area (TPSA) is 30.5 Å². The molecule has 2 rings (SSSR count). The highest BCUT2D eigenvalue weighted by atomic mass is 35.5. The van der Waals surface area contributed by atoms with Crippen LogP contribution in [0.5, 0.6) is 5.75 Å². The maximum absolute atomic E-state index is 6.18. The summed E-state index contributed by atoms with van der Waals surface area (Å²) in [5.41, 5.74) is 0. The number of rotatable bonds is 6. The van der Waals surface area contributed by atoms with Crippen LogP contribution in [0.25, 0.3) is 0 Å². The second-order valence-corrected chi connectivity index (χ2v) is 6.16. The van der Waals surface area contributed by atoms with E-state index < -0.39 is 0 Å². The molecule has 0 amide bonds. The lowest BCUT2D eigenvalue weighted by Gasteiger charge is -2.26. The molecule has 1 heterocycles. The molecule has 0 aromatic heterocycles. The lowest BCUT2D eigenvalue weighted by molar-refractivity contribution is -0.00358. The summed E-state index contributed by atoms with van der Waals surface area (Å²) < 4.78 is 11.8. The number of hydrogen-bond acceptors (Lipinski definition) is 3. The Morgan fingerprint density at radius 3 is 2.55 bits per heavy atom. The van der Waals surface area contributed by atoms with Crippen molar-refractivity contribution in [1.82, 2.24) is 5.32 Å². The molecule has 0 saturated carbocycles. The highest BCUT2D eigenvalue weighted by Crippen LogP contribution is 2.34. The zero-order valence-corrected chi connectivity index (χ0v) is 13.4. The maximum Gasteiger partial charge on any atom is 0.157 e. The fourth-order valence-corrected chi connectivity index (χ4v) is 2.78. The molecule has 3 nitrogen and oxygen atoms in total. The molecule has 1 aromatic carbocycles. The first kappa shape index (κ1) is 15.9. The van der Waals surface area contributed by atoms with E-state index in [-0.39, 0.29) is 12.2 Å². The Hall–Kier alpha value is -0.480. The lowest BCUT2D eigenvalue weighted by atomic mass is 10.0. The van der Waals surface area contributed by atoms with Crippen LogP contribution in [0.3, 0.4) is 0 Å². The Morgan fingerprint density at radius 1 is 1.30 bits per heavy atom. The minimum absolute atomic E-state index is 0.0372. The molecular weight excluding hydrogens is 297 g/mol. The van der Waals surface area contributed by atoms with Crippen molar-refractivity contribution in [1.29, 1.82) is 0 Å². The van der Waals surface area contributed by atoms with Gasteiger partial charge in [-0.15, -0.1) is 0 Å². The van der Waals surface area contributed by atoms with Gasteiger partial charge in [-0.25, -0.2) is 0 Å². The summed E-state index contributed by atoms with van der Waals surface area (Å²) in [6.07, 6.45) is 1.22. The van der Waals surface area contributed by atoms with E-state index in [9.17, 15) is 0 Å². The molecule has 0 radical (unpaired) electrons. The number of halogens is 2. The Morgan fingerprint density at radius 2 is 2.00 bits per heavy atom. The zero-order valence-electron chi connectivity index (χ0n) is 11.9. The first-order valence-electron chi connectivity index (χ1n) is 7.01. The van der Waals surface area contributed by atoms with Crippen LogP contribution in [0.4, 0.5) is 0 Å². The molecule has 112 valence electrons. The summed E-state index contributed by atoms with van der Waals surface area (Å²) >= 11 is 12.4. The van der Waals surface area contributed by atoms with Gasteiger partial charge >= 0.3 is 0 Å². The molecule has 0 bridgehead atoms. The van der Waals surface area contributed by atoms with Crippen LogP contribution in [0.1, 0.15) is 20.3 Å². The van der Waals surface area contributed by atoms with Crippen LogP contribution in [-0.2, 0) is 4.74 Å². The van der Waals surface area contributed by atoms with E-state index in [0.717, 1.165) is 19.5 Å². The van der Waals surface area contributed by atoms with Gasteiger partial charge in [-0.1, -0.05) is 29.3 Å². The van der Waals surface area contributed by atoms with Gasteiger partial charge in [0.05, 0.1) is 22.8 Å². The van der Waals surface area contributed by atoms with Gasteiger partial charge in [0.2, 0.25) is 0 Å². The molecule has 1 unspecified atom stereocenters. The van der Waals surface area contributed by atoms with Crippen LogP contribution >= 0.6 is 23.2 Å². The van der Waals surface area contributed by atoms with Crippen molar-refractivity contribution in [2.24, 2.45) is 5.92 Å². The largest absolute Gasteiger partial charge is 0.485 e. The Labute approximate surface area is 130 Å². The molecule has 2 atom stereocenters. The first-order chi connectivity index (χ1) is 9.58. The number of ether oxygens (including phenoxy) is 2. The van der Waals surface area contributed by atoms with Crippen LogP contribution in [0.2, 0.25) is 10.0 Å². The van der Waals surface area contributed by atoms with Crippen molar-refractivity contribution in [3.05, 3.63) is 28.2 Å².